The lowest BCUT2D eigenvalue weighted by Crippen LogP contribution is -2.46. The third-order valence-electron chi connectivity index (χ3n) is 3.49. The summed E-state index contributed by atoms with van der Waals surface area (Å²) in [7, 11) is 0. The van der Waals surface area contributed by atoms with E-state index in [-0.39, 0.29) is 6.54 Å². The number of hydrogen-bond donors (Lipinski definition) is 1. The summed E-state index contributed by atoms with van der Waals surface area (Å²) in [6.07, 6.45) is 0.878. The number of fused-ring (bicyclic) bond motifs is 1. The average Bonchev–Trinajstić information content (AvgIpc) is 2.81. The molecular formula is C12H14F2N2. The van der Waals surface area contributed by atoms with E-state index in [1.165, 1.54) is 5.56 Å². The predicted octanol–water partition coefficient (Wildman–Crippen LogP) is 1.66. The Morgan fingerprint density at radius 3 is 2.88 bits per heavy atom. The van der Waals surface area contributed by atoms with E-state index in [4.69, 9.17) is 0 Å². The summed E-state index contributed by atoms with van der Waals surface area (Å²) >= 11 is 0. The molecule has 2 aliphatic rings. The van der Waals surface area contributed by atoms with Gasteiger partial charge in [0.2, 0.25) is 0 Å². The molecule has 1 N–H and O–H groups in total. The van der Waals surface area contributed by atoms with Crippen molar-refractivity contribution in [2.45, 2.75) is 18.4 Å². The van der Waals surface area contributed by atoms with E-state index in [1.807, 2.05) is 29.2 Å². The second kappa shape index (κ2) is 3.42. The van der Waals surface area contributed by atoms with E-state index in [2.05, 4.69) is 5.32 Å². The number of hydrogen-bond acceptors (Lipinski definition) is 2. The van der Waals surface area contributed by atoms with Gasteiger partial charge in [-0.15, -0.1) is 0 Å². The Kier molecular flexibility index (Phi) is 2.14. The summed E-state index contributed by atoms with van der Waals surface area (Å²) in [5.74, 6) is -2.61. The van der Waals surface area contributed by atoms with E-state index in [0.717, 1.165) is 12.1 Å². The zero-order valence-corrected chi connectivity index (χ0v) is 8.92. The van der Waals surface area contributed by atoms with Crippen LogP contribution in [0.15, 0.2) is 24.3 Å². The molecule has 2 aliphatic heterocycles. The van der Waals surface area contributed by atoms with Crippen molar-refractivity contribution in [3.63, 3.8) is 0 Å². The minimum absolute atomic E-state index is 0.198. The summed E-state index contributed by atoms with van der Waals surface area (Å²) in [4.78, 5) is 1.86. The number of rotatable bonds is 1. The van der Waals surface area contributed by atoms with Crippen LogP contribution in [0.25, 0.3) is 0 Å². The number of nitrogens with zero attached hydrogens (tertiary/aromatic N) is 1. The molecule has 1 atom stereocenters. The molecule has 1 saturated heterocycles. The summed E-state index contributed by atoms with van der Waals surface area (Å²) < 4.78 is 27.3. The lowest BCUT2D eigenvalue weighted by atomic mass is 10.1. The maximum atomic E-state index is 13.7. The van der Waals surface area contributed by atoms with Gasteiger partial charge in [0, 0.05) is 18.8 Å². The number of halogens is 2. The minimum atomic E-state index is -2.61. The Hall–Kier alpha value is -1.16. The average molecular weight is 224 g/mol. The summed E-state index contributed by atoms with van der Waals surface area (Å²) in [5, 5.41) is 2.78. The standard InChI is InChI=1S/C12H14F2N2/c13-12(14)8-15-7-11(12)16-6-5-9-3-1-2-4-10(9)16/h1-4,11,15H,5-8H2. The van der Waals surface area contributed by atoms with Crippen molar-refractivity contribution in [1.29, 1.82) is 0 Å². The number of para-hydroxylation sites is 1. The molecule has 0 saturated carbocycles. The fraction of sp³-hybridized carbons (Fsp3) is 0.500. The van der Waals surface area contributed by atoms with Gasteiger partial charge in [-0.05, 0) is 18.1 Å². The molecule has 86 valence electrons. The molecule has 0 bridgehead atoms. The van der Waals surface area contributed by atoms with Crippen molar-refractivity contribution < 1.29 is 8.78 Å². The topological polar surface area (TPSA) is 15.3 Å². The quantitative estimate of drug-likeness (QED) is 0.780. The van der Waals surface area contributed by atoms with Gasteiger partial charge in [-0.2, -0.15) is 0 Å². The van der Waals surface area contributed by atoms with Gasteiger partial charge in [0.1, 0.15) is 6.04 Å². The number of alkyl halides is 2. The van der Waals surface area contributed by atoms with Crippen molar-refractivity contribution in [3.8, 4) is 0 Å². The molecule has 2 nitrogen and oxygen atoms in total. The molecule has 1 aromatic rings. The molecule has 0 aliphatic carbocycles. The molecule has 0 amide bonds. The van der Waals surface area contributed by atoms with Crippen molar-refractivity contribution in [2.75, 3.05) is 24.5 Å². The normalized spacial score (nSPS) is 27.1. The first-order valence-corrected chi connectivity index (χ1v) is 5.61. The van der Waals surface area contributed by atoms with Crippen molar-refractivity contribution in [2.24, 2.45) is 0 Å². The second-order valence-electron chi connectivity index (χ2n) is 4.48. The van der Waals surface area contributed by atoms with Gasteiger partial charge in [0.15, 0.2) is 0 Å². The maximum absolute atomic E-state index is 13.7. The largest absolute Gasteiger partial charge is 0.361 e. The Labute approximate surface area is 93.3 Å². The van der Waals surface area contributed by atoms with Crippen LogP contribution in [0.4, 0.5) is 14.5 Å². The van der Waals surface area contributed by atoms with E-state index >= 15 is 0 Å². The van der Waals surface area contributed by atoms with Gasteiger partial charge in [0.25, 0.3) is 5.92 Å². The minimum Gasteiger partial charge on any atom is -0.361 e. The van der Waals surface area contributed by atoms with Gasteiger partial charge in [0.05, 0.1) is 6.54 Å². The van der Waals surface area contributed by atoms with Crippen LogP contribution in [-0.2, 0) is 6.42 Å². The molecule has 1 unspecified atom stereocenters. The highest BCUT2D eigenvalue weighted by Crippen LogP contribution is 2.35. The fourth-order valence-corrected chi connectivity index (χ4v) is 2.67. The second-order valence-corrected chi connectivity index (χ2v) is 4.48. The van der Waals surface area contributed by atoms with Crippen molar-refractivity contribution in [3.05, 3.63) is 29.8 Å². The monoisotopic (exact) mass is 224 g/mol. The van der Waals surface area contributed by atoms with Crippen LogP contribution in [0.3, 0.4) is 0 Å². The van der Waals surface area contributed by atoms with Gasteiger partial charge in [-0.3, -0.25) is 0 Å². The molecule has 1 aromatic carbocycles. The van der Waals surface area contributed by atoms with Crippen molar-refractivity contribution in [1.82, 2.24) is 5.32 Å². The first-order valence-electron chi connectivity index (χ1n) is 5.61. The Bertz CT molecular complexity index is 406. The van der Waals surface area contributed by atoms with Crippen LogP contribution < -0.4 is 10.2 Å². The molecule has 16 heavy (non-hydrogen) atoms. The summed E-state index contributed by atoms with van der Waals surface area (Å²) in [5.41, 5.74) is 2.17. The van der Waals surface area contributed by atoms with E-state index in [1.54, 1.807) is 0 Å². The molecule has 2 heterocycles. The van der Waals surface area contributed by atoms with Gasteiger partial charge < -0.3 is 10.2 Å². The highest BCUT2D eigenvalue weighted by molar-refractivity contribution is 5.59. The van der Waals surface area contributed by atoms with Crippen LogP contribution in [0, 0.1) is 0 Å². The van der Waals surface area contributed by atoms with Crippen LogP contribution in [0.2, 0.25) is 0 Å². The van der Waals surface area contributed by atoms with Crippen LogP contribution in [0.5, 0.6) is 0 Å². The third-order valence-corrected chi connectivity index (χ3v) is 3.49. The Morgan fingerprint density at radius 1 is 1.31 bits per heavy atom. The number of anilines is 1. The third kappa shape index (κ3) is 1.40. The molecule has 0 radical (unpaired) electrons. The van der Waals surface area contributed by atoms with Gasteiger partial charge >= 0.3 is 0 Å². The highest BCUT2D eigenvalue weighted by Gasteiger charge is 2.48. The van der Waals surface area contributed by atoms with E-state index in [0.29, 0.717) is 13.1 Å². The fourth-order valence-electron chi connectivity index (χ4n) is 2.67. The summed E-state index contributed by atoms with van der Waals surface area (Å²) in [6, 6.07) is 7.16. The molecule has 4 heteroatoms. The number of nitrogens with one attached hydrogen (secondary N) is 1. The molecule has 1 fully saturated rings. The lowest BCUT2D eigenvalue weighted by Gasteiger charge is -2.30. The van der Waals surface area contributed by atoms with Gasteiger partial charge in [-0.1, -0.05) is 18.2 Å². The highest BCUT2D eigenvalue weighted by atomic mass is 19.3. The van der Waals surface area contributed by atoms with Crippen LogP contribution in [-0.4, -0.2) is 31.6 Å². The molecule has 0 spiro atoms. The zero-order chi connectivity index (χ0) is 11.2. The predicted molar refractivity (Wildman–Crippen MR) is 59.1 cm³/mol. The first-order chi connectivity index (χ1) is 7.68. The first kappa shape index (κ1) is 10.0. The zero-order valence-electron chi connectivity index (χ0n) is 8.92. The molecule has 0 aromatic heterocycles. The number of benzene rings is 1. The van der Waals surface area contributed by atoms with E-state index < -0.39 is 12.0 Å². The molecular weight excluding hydrogens is 210 g/mol. The smallest absolute Gasteiger partial charge is 0.281 e. The van der Waals surface area contributed by atoms with Crippen LogP contribution >= 0.6 is 0 Å². The maximum Gasteiger partial charge on any atom is 0.281 e. The Balaban J connectivity index is 1.93. The Morgan fingerprint density at radius 2 is 2.12 bits per heavy atom. The SMILES string of the molecule is FC1(F)CNCC1N1CCc2ccccc21. The summed E-state index contributed by atoms with van der Waals surface area (Å²) in [6.45, 7) is 0.888. The molecule has 3 rings (SSSR count). The van der Waals surface area contributed by atoms with E-state index in [9.17, 15) is 8.78 Å². The lowest BCUT2D eigenvalue weighted by molar-refractivity contribution is 0.00608. The van der Waals surface area contributed by atoms with Crippen molar-refractivity contribution >= 4 is 5.69 Å². The van der Waals surface area contributed by atoms with Gasteiger partial charge in [-0.25, -0.2) is 8.78 Å². The van der Waals surface area contributed by atoms with Crippen LogP contribution in [0.1, 0.15) is 5.56 Å².